The summed E-state index contributed by atoms with van der Waals surface area (Å²) in [4.78, 5) is 0. The Balaban J connectivity index is 1.25. The van der Waals surface area contributed by atoms with E-state index in [2.05, 4.69) is 19.1 Å². The highest BCUT2D eigenvalue weighted by Gasteiger charge is 2.39. The molecule has 172 valence electrons. The summed E-state index contributed by atoms with van der Waals surface area (Å²) in [6.45, 7) is 2.12. The van der Waals surface area contributed by atoms with E-state index in [1.807, 2.05) is 0 Å². The third-order valence-corrected chi connectivity index (χ3v) is 8.90. The van der Waals surface area contributed by atoms with Crippen LogP contribution in [0.15, 0.2) is 36.4 Å². The number of alkyl halides is 3. The van der Waals surface area contributed by atoms with Gasteiger partial charge in [-0.2, -0.15) is 13.2 Å². The van der Waals surface area contributed by atoms with E-state index in [1.165, 1.54) is 82.8 Å². The smallest absolute Gasteiger partial charge is 0.166 e. The molecule has 1 aromatic rings. The normalized spacial score (nSPS) is 34.6. The van der Waals surface area contributed by atoms with Crippen molar-refractivity contribution in [3.05, 3.63) is 47.5 Å². The van der Waals surface area contributed by atoms with Crippen molar-refractivity contribution < 1.29 is 13.2 Å². The van der Waals surface area contributed by atoms with Crippen molar-refractivity contribution in [1.29, 1.82) is 0 Å². The molecule has 0 spiro atoms. The Morgan fingerprint density at radius 2 is 1.35 bits per heavy atom. The van der Waals surface area contributed by atoms with Crippen LogP contribution in [0.1, 0.15) is 101 Å². The molecule has 31 heavy (non-hydrogen) atoms. The van der Waals surface area contributed by atoms with E-state index < -0.39 is 11.7 Å². The van der Waals surface area contributed by atoms with Crippen LogP contribution in [-0.2, 0) is 6.18 Å². The highest BCUT2D eigenvalue weighted by atomic mass is 19.4. The lowest BCUT2D eigenvalue weighted by Gasteiger charge is -2.45. The number of rotatable bonds is 5. The van der Waals surface area contributed by atoms with Crippen LogP contribution in [0.4, 0.5) is 13.2 Å². The Kier molecular flexibility index (Phi) is 7.49. The van der Waals surface area contributed by atoms with E-state index in [9.17, 15) is 13.2 Å². The molecule has 0 aliphatic heterocycles. The minimum Gasteiger partial charge on any atom is -0.166 e. The molecule has 4 unspecified atom stereocenters. The molecule has 0 nitrogen and oxygen atoms in total. The highest BCUT2D eigenvalue weighted by molar-refractivity contribution is 5.27. The first-order chi connectivity index (χ1) is 14.9. The van der Waals surface area contributed by atoms with Crippen molar-refractivity contribution in [1.82, 2.24) is 0 Å². The predicted octanol–water partition coefficient (Wildman–Crippen LogP) is 9.17. The lowest BCUT2D eigenvalue weighted by atomic mass is 9.60. The van der Waals surface area contributed by atoms with Crippen LogP contribution < -0.4 is 0 Å². The van der Waals surface area contributed by atoms with E-state index in [0.29, 0.717) is 5.92 Å². The van der Waals surface area contributed by atoms with Crippen molar-refractivity contribution in [3.63, 3.8) is 0 Å². The number of allylic oxidation sites excluding steroid dienone is 2. The fourth-order valence-corrected chi connectivity index (χ4v) is 7.05. The first kappa shape index (κ1) is 22.9. The average Bonchev–Trinajstić information content (AvgIpc) is 2.78. The molecule has 3 fully saturated rings. The van der Waals surface area contributed by atoms with Gasteiger partial charge >= 0.3 is 6.18 Å². The summed E-state index contributed by atoms with van der Waals surface area (Å²) in [5.41, 5.74) is 0.590. The minimum absolute atomic E-state index is 0.452. The monoisotopic (exact) mass is 432 g/mol. The number of hydrogen-bond acceptors (Lipinski definition) is 0. The molecule has 4 atom stereocenters. The zero-order chi connectivity index (χ0) is 21.8. The van der Waals surface area contributed by atoms with Crippen LogP contribution in [0.5, 0.6) is 0 Å². The molecule has 0 bridgehead atoms. The molecule has 0 radical (unpaired) electrons. The van der Waals surface area contributed by atoms with Crippen LogP contribution in [0.2, 0.25) is 0 Å². The van der Waals surface area contributed by atoms with Gasteiger partial charge in [-0.3, -0.25) is 0 Å². The van der Waals surface area contributed by atoms with Gasteiger partial charge in [-0.1, -0.05) is 37.1 Å². The number of hydrogen-bond donors (Lipinski definition) is 0. The fourth-order valence-electron chi connectivity index (χ4n) is 7.05. The van der Waals surface area contributed by atoms with Crippen LogP contribution in [0.3, 0.4) is 0 Å². The molecule has 1 aromatic carbocycles. The number of halogens is 3. The van der Waals surface area contributed by atoms with Gasteiger partial charge in [-0.25, -0.2) is 0 Å². The van der Waals surface area contributed by atoms with E-state index in [0.717, 1.165) is 41.6 Å². The molecule has 0 saturated heterocycles. The van der Waals surface area contributed by atoms with Gasteiger partial charge in [0, 0.05) is 0 Å². The van der Waals surface area contributed by atoms with Crippen molar-refractivity contribution >= 4 is 0 Å². The third kappa shape index (κ3) is 5.76. The van der Waals surface area contributed by atoms with Crippen LogP contribution in [-0.4, -0.2) is 0 Å². The molecule has 0 N–H and O–H groups in total. The predicted molar refractivity (Wildman–Crippen MR) is 122 cm³/mol. The highest BCUT2D eigenvalue weighted by Crippen LogP contribution is 2.51. The summed E-state index contributed by atoms with van der Waals surface area (Å²) in [6, 6.07) is 6.00. The average molecular weight is 433 g/mol. The second kappa shape index (κ2) is 10.1. The summed E-state index contributed by atoms with van der Waals surface area (Å²) in [7, 11) is 0. The standard InChI is InChI=1S/C28H39F3/c1-2-3-4-5-20-6-8-21(9-7-20)23-10-12-26-19-24(11-13-25(26)18-23)22-14-16-27(17-15-22)28(29,30)31/h2-3,14-17,20-21,23-26H,4-13,18-19H2,1H3/b3-2+. The Morgan fingerprint density at radius 1 is 0.774 bits per heavy atom. The van der Waals surface area contributed by atoms with Crippen molar-refractivity contribution in [2.45, 2.75) is 96.1 Å². The maximum absolute atomic E-state index is 12.9. The molecule has 0 aromatic heterocycles. The Hall–Kier alpha value is -1.25. The van der Waals surface area contributed by atoms with Gasteiger partial charge in [0.2, 0.25) is 0 Å². The maximum atomic E-state index is 12.9. The topological polar surface area (TPSA) is 0 Å². The van der Waals surface area contributed by atoms with Gasteiger partial charge in [-0.05, 0) is 124 Å². The summed E-state index contributed by atoms with van der Waals surface area (Å²) < 4.78 is 38.6. The number of fused-ring (bicyclic) bond motifs is 1. The zero-order valence-corrected chi connectivity index (χ0v) is 19.0. The summed E-state index contributed by atoms with van der Waals surface area (Å²) in [6.07, 6.45) is 16.4. The lowest BCUT2D eigenvalue weighted by molar-refractivity contribution is -0.137. The van der Waals surface area contributed by atoms with E-state index in [-0.39, 0.29) is 0 Å². The van der Waals surface area contributed by atoms with Crippen molar-refractivity contribution in [3.8, 4) is 0 Å². The minimum atomic E-state index is -4.24. The maximum Gasteiger partial charge on any atom is 0.416 e. The van der Waals surface area contributed by atoms with Crippen molar-refractivity contribution in [2.75, 3.05) is 0 Å². The first-order valence-corrected chi connectivity index (χ1v) is 12.7. The molecule has 0 amide bonds. The Morgan fingerprint density at radius 3 is 2.00 bits per heavy atom. The molecule has 3 saturated carbocycles. The third-order valence-electron chi connectivity index (χ3n) is 8.90. The Bertz CT molecular complexity index is 709. The molecule has 3 aliphatic rings. The van der Waals surface area contributed by atoms with Gasteiger partial charge in [0.05, 0.1) is 5.56 Å². The van der Waals surface area contributed by atoms with Gasteiger partial charge < -0.3 is 0 Å². The largest absolute Gasteiger partial charge is 0.416 e. The fraction of sp³-hybridized carbons (Fsp3) is 0.714. The zero-order valence-electron chi connectivity index (χ0n) is 19.0. The summed E-state index contributed by atoms with van der Waals surface area (Å²) in [5.74, 6) is 4.92. The van der Waals surface area contributed by atoms with E-state index in [1.54, 1.807) is 12.1 Å². The number of benzene rings is 1. The van der Waals surface area contributed by atoms with Crippen molar-refractivity contribution in [2.24, 2.45) is 29.6 Å². The summed E-state index contributed by atoms with van der Waals surface area (Å²) in [5, 5.41) is 0. The molecule has 3 heteroatoms. The molecule has 3 aliphatic carbocycles. The molecule has 4 rings (SSSR count). The molecular weight excluding hydrogens is 393 g/mol. The van der Waals surface area contributed by atoms with E-state index >= 15 is 0 Å². The first-order valence-electron chi connectivity index (χ1n) is 12.7. The lowest BCUT2D eigenvalue weighted by Crippen LogP contribution is -2.34. The van der Waals surface area contributed by atoms with E-state index in [4.69, 9.17) is 0 Å². The second-order valence-corrected chi connectivity index (χ2v) is 10.7. The van der Waals surface area contributed by atoms with Gasteiger partial charge in [0.25, 0.3) is 0 Å². The molecular formula is C28H39F3. The van der Waals surface area contributed by atoms with Crippen LogP contribution in [0, 0.1) is 29.6 Å². The summed E-state index contributed by atoms with van der Waals surface area (Å²) >= 11 is 0. The SMILES string of the molecule is C/C=C/CCC1CCC(C2CCC3CC(c4ccc(C(F)(F)F)cc4)CCC3C2)CC1. The van der Waals surface area contributed by atoms with Crippen LogP contribution in [0.25, 0.3) is 0 Å². The van der Waals surface area contributed by atoms with Gasteiger partial charge in [0.15, 0.2) is 0 Å². The van der Waals surface area contributed by atoms with Crippen LogP contribution >= 0.6 is 0 Å². The van der Waals surface area contributed by atoms with Gasteiger partial charge in [0.1, 0.15) is 0 Å². The second-order valence-electron chi connectivity index (χ2n) is 10.7. The van der Waals surface area contributed by atoms with Gasteiger partial charge in [-0.15, -0.1) is 0 Å². The molecule has 0 heterocycles. The Labute approximate surface area is 186 Å². The quantitative estimate of drug-likeness (QED) is 0.407.